The number of likely N-dealkylation sites (N-methyl/N-ethyl adjacent to an activating group) is 1. The third-order valence-corrected chi connectivity index (χ3v) is 5.18. The molecular formula is C17H25ClFNO. The van der Waals surface area contributed by atoms with Crippen molar-refractivity contribution in [3.63, 3.8) is 0 Å². The molecule has 1 aromatic carbocycles. The summed E-state index contributed by atoms with van der Waals surface area (Å²) in [5.74, 6) is -0.410. The molecule has 0 saturated heterocycles. The molecule has 0 amide bonds. The summed E-state index contributed by atoms with van der Waals surface area (Å²) >= 11 is 5.84. The van der Waals surface area contributed by atoms with Crippen molar-refractivity contribution in [2.75, 3.05) is 14.1 Å². The maximum absolute atomic E-state index is 13.2. The zero-order valence-electron chi connectivity index (χ0n) is 12.9. The zero-order valence-corrected chi connectivity index (χ0v) is 13.7. The van der Waals surface area contributed by atoms with E-state index in [4.69, 9.17) is 11.6 Å². The van der Waals surface area contributed by atoms with Crippen LogP contribution in [0.15, 0.2) is 18.2 Å². The average Bonchev–Trinajstić information content (AvgIpc) is 2.69. The lowest BCUT2D eigenvalue weighted by atomic mass is 9.80. The molecule has 1 atom stereocenters. The fraction of sp³-hybridized carbons (Fsp3) is 0.647. The number of aliphatic hydroxyl groups is 1. The number of aliphatic hydroxyl groups excluding tert-OH is 1. The molecule has 118 valence electrons. The lowest BCUT2D eigenvalue weighted by Crippen LogP contribution is -2.54. The summed E-state index contributed by atoms with van der Waals surface area (Å²) in [6.07, 6.45) is 6.85. The fourth-order valence-corrected chi connectivity index (χ4v) is 3.70. The van der Waals surface area contributed by atoms with E-state index in [0.717, 1.165) is 31.2 Å². The van der Waals surface area contributed by atoms with Crippen LogP contribution in [0.3, 0.4) is 0 Å². The predicted octanol–water partition coefficient (Wildman–Crippen LogP) is 4.04. The van der Waals surface area contributed by atoms with E-state index >= 15 is 0 Å². The van der Waals surface area contributed by atoms with Gasteiger partial charge >= 0.3 is 0 Å². The molecule has 1 unspecified atom stereocenters. The van der Waals surface area contributed by atoms with Crippen LogP contribution in [0.1, 0.15) is 44.1 Å². The highest BCUT2D eigenvalue weighted by molar-refractivity contribution is 6.30. The summed E-state index contributed by atoms with van der Waals surface area (Å²) in [6, 6.07) is 4.71. The van der Waals surface area contributed by atoms with Crippen molar-refractivity contribution >= 4 is 11.6 Å². The van der Waals surface area contributed by atoms with Crippen molar-refractivity contribution in [1.82, 2.24) is 4.90 Å². The molecule has 1 aliphatic rings. The van der Waals surface area contributed by atoms with Crippen LogP contribution in [-0.2, 0) is 6.42 Å². The quantitative estimate of drug-likeness (QED) is 0.848. The molecule has 4 heteroatoms. The lowest BCUT2D eigenvalue weighted by molar-refractivity contribution is -0.0174. The Kier molecular flexibility index (Phi) is 5.64. The van der Waals surface area contributed by atoms with Gasteiger partial charge in [0.05, 0.1) is 11.1 Å². The van der Waals surface area contributed by atoms with E-state index in [0.29, 0.717) is 6.42 Å². The Hall–Kier alpha value is -0.640. The first-order chi connectivity index (χ1) is 9.95. The van der Waals surface area contributed by atoms with Crippen molar-refractivity contribution in [3.05, 3.63) is 34.6 Å². The monoisotopic (exact) mass is 313 g/mol. The summed E-state index contributed by atoms with van der Waals surface area (Å²) in [7, 11) is 4.10. The maximum atomic E-state index is 13.2. The second-order valence-corrected chi connectivity index (χ2v) is 6.79. The summed E-state index contributed by atoms with van der Waals surface area (Å²) in [5, 5.41) is 11.0. The van der Waals surface area contributed by atoms with Gasteiger partial charge in [0.15, 0.2) is 0 Å². The van der Waals surface area contributed by atoms with Crippen LogP contribution in [0.4, 0.5) is 4.39 Å². The van der Waals surface area contributed by atoms with Crippen LogP contribution in [-0.4, -0.2) is 35.7 Å². The molecule has 0 heterocycles. The Morgan fingerprint density at radius 2 is 1.86 bits per heavy atom. The van der Waals surface area contributed by atoms with Gasteiger partial charge in [-0.05, 0) is 44.6 Å². The van der Waals surface area contributed by atoms with Gasteiger partial charge in [-0.15, -0.1) is 0 Å². The van der Waals surface area contributed by atoms with E-state index in [9.17, 15) is 9.50 Å². The Labute approximate surface area is 131 Å². The largest absolute Gasteiger partial charge is 0.391 e. The van der Waals surface area contributed by atoms with Crippen molar-refractivity contribution in [1.29, 1.82) is 0 Å². The van der Waals surface area contributed by atoms with Crippen molar-refractivity contribution < 1.29 is 9.50 Å². The number of rotatable bonds is 4. The van der Waals surface area contributed by atoms with E-state index < -0.39 is 11.9 Å². The third kappa shape index (κ3) is 3.77. The van der Waals surface area contributed by atoms with Gasteiger partial charge < -0.3 is 10.0 Å². The minimum atomic E-state index is -0.466. The second kappa shape index (κ2) is 7.08. The zero-order chi connectivity index (χ0) is 15.5. The second-order valence-electron chi connectivity index (χ2n) is 6.38. The smallest absolute Gasteiger partial charge is 0.141 e. The molecule has 0 aliphatic heterocycles. The molecule has 2 rings (SSSR count). The molecule has 1 aromatic rings. The van der Waals surface area contributed by atoms with Gasteiger partial charge in [-0.1, -0.05) is 43.4 Å². The average molecular weight is 314 g/mol. The van der Waals surface area contributed by atoms with Crippen LogP contribution in [0.25, 0.3) is 0 Å². The molecule has 1 saturated carbocycles. The van der Waals surface area contributed by atoms with E-state index in [1.807, 2.05) is 14.1 Å². The molecule has 0 radical (unpaired) electrons. The summed E-state index contributed by atoms with van der Waals surface area (Å²) in [5.41, 5.74) is 0.705. The first kappa shape index (κ1) is 16.7. The van der Waals surface area contributed by atoms with Gasteiger partial charge in [0.1, 0.15) is 5.82 Å². The van der Waals surface area contributed by atoms with Gasteiger partial charge in [0.2, 0.25) is 0 Å². The van der Waals surface area contributed by atoms with Crippen molar-refractivity contribution in [3.8, 4) is 0 Å². The van der Waals surface area contributed by atoms with Crippen LogP contribution in [0.2, 0.25) is 5.02 Å². The van der Waals surface area contributed by atoms with Gasteiger partial charge in [-0.2, -0.15) is 0 Å². The van der Waals surface area contributed by atoms with Crippen LogP contribution < -0.4 is 0 Å². The third-order valence-electron chi connectivity index (χ3n) is 4.89. The molecule has 0 bridgehead atoms. The number of nitrogens with zero attached hydrogens (tertiary/aromatic N) is 1. The summed E-state index contributed by atoms with van der Waals surface area (Å²) in [6.45, 7) is 0. The van der Waals surface area contributed by atoms with Gasteiger partial charge in [0.25, 0.3) is 0 Å². The number of halogens is 2. The highest BCUT2D eigenvalue weighted by Crippen LogP contribution is 2.35. The first-order valence-corrected chi connectivity index (χ1v) is 8.13. The molecule has 21 heavy (non-hydrogen) atoms. The van der Waals surface area contributed by atoms with Crippen LogP contribution in [0, 0.1) is 5.82 Å². The fourth-order valence-electron chi connectivity index (χ4n) is 3.50. The number of hydrogen-bond donors (Lipinski definition) is 1. The summed E-state index contributed by atoms with van der Waals surface area (Å²) in [4.78, 5) is 2.17. The Bertz CT molecular complexity index is 470. The van der Waals surface area contributed by atoms with Crippen molar-refractivity contribution in [2.24, 2.45) is 0 Å². The molecule has 2 nitrogen and oxygen atoms in total. The summed E-state index contributed by atoms with van der Waals surface area (Å²) < 4.78 is 13.2. The van der Waals surface area contributed by atoms with Gasteiger partial charge in [0, 0.05) is 12.0 Å². The van der Waals surface area contributed by atoms with Crippen LogP contribution in [0.5, 0.6) is 0 Å². The maximum Gasteiger partial charge on any atom is 0.141 e. The normalized spacial score (nSPS) is 20.3. The Morgan fingerprint density at radius 1 is 1.24 bits per heavy atom. The van der Waals surface area contributed by atoms with E-state index in [2.05, 4.69) is 4.90 Å². The standard InChI is InChI=1S/C17H25ClFNO/c1-20(2)17(9-5-3-4-6-10-17)16(21)12-13-7-8-15(19)14(18)11-13/h7-8,11,16,21H,3-6,9-10,12H2,1-2H3. The Balaban J connectivity index is 2.17. The predicted molar refractivity (Wildman–Crippen MR) is 85.2 cm³/mol. The number of benzene rings is 1. The SMILES string of the molecule is CN(C)C1(C(O)Cc2ccc(F)c(Cl)c2)CCCCCC1. The Morgan fingerprint density at radius 3 is 2.38 bits per heavy atom. The molecule has 0 spiro atoms. The highest BCUT2D eigenvalue weighted by Gasteiger charge is 2.39. The van der Waals surface area contributed by atoms with E-state index in [-0.39, 0.29) is 10.6 Å². The lowest BCUT2D eigenvalue weighted by Gasteiger charge is -2.43. The topological polar surface area (TPSA) is 23.5 Å². The van der Waals surface area contributed by atoms with E-state index in [1.165, 1.54) is 18.9 Å². The molecular weight excluding hydrogens is 289 g/mol. The minimum absolute atomic E-state index is 0.125. The molecule has 1 fully saturated rings. The van der Waals surface area contributed by atoms with Gasteiger partial charge in [-0.25, -0.2) is 4.39 Å². The van der Waals surface area contributed by atoms with Crippen molar-refractivity contribution in [2.45, 2.75) is 56.6 Å². The van der Waals surface area contributed by atoms with E-state index in [1.54, 1.807) is 12.1 Å². The number of hydrogen-bond acceptors (Lipinski definition) is 2. The minimum Gasteiger partial charge on any atom is -0.391 e. The molecule has 0 aromatic heterocycles. The molecule has 1 N–H and O–H groups in total. The molecule has 1 aliphatic carbocycles. The van der Waals surface area contributed by atoms with Crippen LogP contribution >= 0.6 is 11.6 Å². The van der Waals surface area contributed by atoms with Gasteiger partial charge in [-0.3, -0.25) is 0 Å². The first-order valence-electron chi connectivity index (χ1n) is 7.75. The highest BCUT2D eigenvalue weighted by atomic mass is 35.5.